The number of rotatable bonds is 9. The van der Waals surface area contributed by atoms with Gasteiger partial charge in [0.25, 0.3) is 5.91 Å². The molecule has 0 aromatic heterocycles. The Labute approximate surface area is 218 Å². The SMILES string of the molecule is CCOC(=O)c1ccc(NC(=O)C[C@@H]2C(=O)N(c3cccc(OC)c3)C(=O)N2Cc2ccc(F)cc2)cc1. The maximum absolute atomic E-state index is 13.5. The summed E-state index contributed by atoms with van der Waals surface area (Å²) >= 11 is 0. The summed E-state index contributed by atoms with van der Waals surface area (Å²) in [5.41, 5.74) is 1.65. The van der Waals surface area contributed by atoms with Crippen LogP contribution in [0.3, 0.4) is 0 Å². The number of carbonyl (C=O) groups excluding carboxylic acids is 4. The molecule has 10 heteroatoms. The second kappa shape index (κ2) is 11.5. The Balaban J connectivity index is 1.55. The van der Waals surface area contributed by atoms with Gasteiger partial charge in [-0.1, -0.05) is 18.2 Å². The van der Waals surface area contributed by atoms with Gasteiger partial charge < -0.3 is 19.7 Å². The minimum atomic E-state index is -1.10. The van der Waals surface area contributed by atoms with Gasteiger partial charge in [-0.15, -0.1) is 0 Å². The maximum Gasteiger partial charge on any atom is 0.338 e. The monoisotopic (exact) mass is 519 g/mol. The number of halogens is 1. The van der Waals surface area contributed by atoms with Crippen molar-refractivity contribution in [2.45, 2.75) is 25.9 Å². The van der Waals surface area contributed by atoms with Crippen molar-refractivity contribution in [3.8, 4) is 5.75 Å². The second-order valence-electron chi connectivity index (χ2n) is 8.48. The third kappa shape index (κ3) is 5.80. The third-order valence-corrected chi connectivity index (χ3v) is 5.95. The molecule has 0 bridgehead atoms. The average Bonchev–Trinajstić information content (AvgIpc) is 3.14. The van der Waals surface area contributed by atoms with Crippen LogP contribution in [0.1, 0.15) is 29.3 Å². The summed E-state index contributed by atoms with van der Waals surface area (Å²) in [6, 6.07) is 16.5. The van der Waals surface area contributed by atoms with Crippen LogP contribution in [0, 0.1) is 5.82 Å². The highest BCUT2D eigenvalue weighted by Gasteiger charge is 2.46. The molecular formula is C28H26FN3O6. The van der Waals surface area contributed by atoms with Gasteiger partial charge in [-0.05, 0) is 61.0 Å². The van der Waals surface area contributed by atoms with Crippen molar-refractivity contribution in [1.29, 1.82) is 0 Å². The number of benzene rings is 3. The Morgan fingerprint density at radius 2 is 1.71 bits per heavy atom. The van der Waals surface area contributed by atoms with Crippen molar-refractivity contribution in [3.05, 3.63) is 89.7 Å². The molecule has 1 N–H and O–H groups in total. The number of ether oxygens (including phenoxy) is 2. The predicted molar refractivity (Wildman–Crippen MR) is 137 cm³/mol. The van der Waals surface area contributed by atoms with Gasteiger partial charge in [0.1, 0.15) is 17.6 Å². The normalized spacial score (nSPS) is 15.0. The Kier molecular flexibility index (Phi) is 8.00. The van der Waals surface area contributed by atoms with Crippen molar-refractivity contribution in [2.24, 2.45) is 0 Å². The fourth-order valence-electron chi connectivity index (χ4n) is 4.08. The van der Waals surface area contributed by atoms with Gasteiger partial charge in [-0.2, -0.15) is 0 Å². The molecule has 4 amide bonds. The molecule has 1 aliphatic heterocycles. The minimum Gasteiger partial charge on any atom is -0.497 e. The Hall–Kier alpha value is -4.73. The van der Waals surface area contributed by atoms with Gasteiger partial charge in [-0.25, -0.2) is 18.9 Å². The van der Waals surface area contributed by atoms with Crippen LogP contribution in [0.5, 0.6) is 5.75 Å². The molecule has 0 unspecified atom stereocenters. The first kappa shape index (κ1) is 26.3. The first-order chi connectivity index (χ1) is 18.3. The van der Waals surface area contributed by atoms with Crippen molar-refractivity contribution in [1.82, 2.24) is 4.90 Å². The van der Waals surface area contributed by atoms with Crippen LogP contribution in [0.15, 0.2) is 72.8 Å². The zero-order valence-corrected chi connectivity index (χ0v) is 20.8. The van der Waals surface area contributed by atoms with E-state index in [9.17, 15) is 23.6 Å². The number of nitrogens with zero attached hydrogens (tertiary/aromatic N) is 2. The number of carbonyl (C=O) groups is 4. The molecule has 0 radical (unpaired) electrons. The van der Waals surface area contributed by atoms with Crippen molar-refractivity contribution >= 4 is 35.2 Å². The van der Waals surface area contributed by atoms with Crippen molar-refractivity contribution < 1.29 is 33.0 Å². The lowest BCUT2D eigenvalue weighted by atomic mass is 10.1. The highest BCUT2D eigenvalue weighted by Crippen LogP contribution is 2.30. The molecule has 0 saturated carbocycles. The van der Waals surface area contributed by atoms with E-state index < -0.39 is 35.7 Å². The summed E-state index contributed by atoms with van der Waals surface area (Å²) in [5.74, 6) is -1.52. The van der Waals surface area contributed by atoms with E-state index in [0.29, 0.717) is 28.3 Å². The lowest BCUT2D eigenvalue weighted by Gasteiger charge is -2.21. The smallest absolute Gasteiger partial charge is 0.338 e. The van der Waals surface area contributed by atoms with Gasteiger partial charge >= 0.3 is 12.0 Å². The lowest BCUT2D eigenvalue weighted by molar-refractivity contribution is -0.124. The number of urea groups is 1. The molecule has 0 aliphatic carbocycles. The summed E-state index contributed by atoms with van der Waals surface area (Å²) in [7, 11) is 1.47. The van der Waals surface area contributed by atoms with E-state index in [1.54, 1.807) is 43.3 Å². The predicted octanol–water partition coefficient (Wildman–Crippen LogP) is 4.38. The van der Waals surface area contributed by atoms with Crippen LogP contribution < -0.4 is 15.0 Å². The number of hydrogen-bond donors (Lipinski definition) is 1. The van der Waals surface area contributed by atoms with E-state index in [1.165, 1.54) is 48.4 Å². The molecule has 196 valence electrons. The van der Waals surface area contributed by atoms with E-state index in [4.69, 9.17) is 9.47 Å². The molecule has 1 atom stereocenters. The number of anilines is 2. The van der Waals surface area contributed by atoms with E-state index >= 15 is 0 Å². The largest absolute Gasteiger partial charge is 0.497 e. The molecular weight excluding hydrogens is 493 g/mol. The summed E-state index contributed by atoms with van der Waals surface area (Å²) in [4.78, 5) is 54.0. The van der Waals surface area contributed by atoms with Crippen LogP contribution in [-0.2, 0) is 20.9 Å². The number of esters is 1. The third-order valence-electron chi connectivity index (χ3n) is 5.95. The minimum absolute atomic E-state index is 0.00247. The molecule has 4 rings (SSSR count). The number of imide groups is 1. The summed E-state index contributed by atoms with van der Waals surface area (Å²) in [6.07, 6.45) is -0.314. The van der Waals surface area contributed by atoms with Crippen LogP contribution in [-0.4, -0.2) is 48.5 Å². The number of methoxy groups -OCH3 is 1. The second-order valence-corrected chi connectivity index (χ2v) is 8.48. The molecule has 3 aromatic carbocycles. The van der Waals surface area contributed by atoms with Crippen LogP contribution in [0.4, 0.5) is 20.6 Å². The summed E-state index contributed by atoms with van der Waals surface area (Å²) in [6.45, 7) is 1.94. The molecule has 0 spiro atoms. The number of amides is 4. The van der Waals surface area contributed by atoms with Crippen LogP contribution in [0.2, 0.25) is 0 Å². The van der Waals surface area contributed by atoms with E-state index in [2.05, 4.69) is 5.32 Å². The van der Waals surface area contributed by atoms with E-state index in [1.807, 2.05) is 0 Å². The highest BCUT2D eigenvalue weighted by molar-refractivity contribution is 6.22. The fraction of sp³-hybridized carbons (Fsp3) is 0.214. The van der Waals surface area contributed by atoms with E-state index in [0.717, 1.165) is 4.90 Å². The van der Waals surface area contributed by atoms with Gasteiger partial charge in [-0.3, -0.25) is 9.59 Å². The zero-order chi connectivity index (χ0) is 27.2. The average molecular weight is 520 g/mol. The van der Waals surface area contributed by atoms with Crippen molar-refractivity contribution in [2.75, 3.05) is 23.9 Å². The fourth-order valence-corrected chi connectivity index (χ4v) is 4.08. The number of hydrogen-bond acceptors (Lipinski definition) is 6. The lowest BCUT2D eigenvalue weighted by Crippen LogP contribution is -2.37. The summed E-state index contributed by atoms with van der Waals surface area (Å²) in [5, 5.41) is 2.70. The topological polar surface area (TPSA) is 105 Å². The zero-order valence-electron chi connectivity index (χ0n) is 20.8. The Morgan fingerprint density at radius 3 is 2.37 bits per heavy atom. The van der Waals surface area contributed by atoms with Crippen LogP contribution in [0.25, 0.3) is 0 Å². The van der Waals surface area contributed by atoms with Crippen molar-refractivity contribution in [3.63, 3.8) is 0 Å². The summed E-state index contributed by atoms with van der Waals surface area (Å²) < 4.78 is 23.6. The molecule has 1 saturated heterocycles. The van der Waals surface area contributed by atoms with Gasteiger partial charge in [0.15, 0.2) is 0 Å². The van der Waals surface area contributed by atoms with Gasteiger partial charge in [0.05, 0.1) is 31.4 Å². The molecule has 3 aromatic rings. The standard InChI is InChI=1S/C28H26FN3O6/c1-3-38-27(35)19-9-13-21(14-10-19)30-25(33)16-24-26(34)32(22-5-4-6-23(15-22)37-2)28(36)31(24)17-18-7-11-20(29)12-8-18/h4-15,24H,3,16-17H2,1-2H3,(H,30,33)/t24-/m1/s1. The molecule has 38 heavy (non-hydrogen) atoms. The maximum atomic E-state index is 13.5. The van der Waals surface area contributed by atoms with Gasteiger partial charge in [0.2, 0.25) is 5.91 Å². The Bertz CT molecular complexity index is 1340. The van der Waals surface area contributed by atoms with Gasteiger partial charge in [0, 0.05) is 18.3 Å². The molecule has 1 fully saturated rings. The number of nitrogens with one attached hydrogen (secondary N) is 1. The quantitative estimate of drug-likeness (QED) is 0.332. The first-order valence-corrected chi connectivity index (χ1v) is 11.9. The van der Waals surface area contributed by atoms with Crippen LogP contribution >= 0.6 is 0 Å². The Morgan fingerprint density at radius 1 is 1.00 bits per heavy atom. The first-order valence-electron chi connectivity index (χ1n) is 11.9. The molecule has 1 heterocycles. The molecule has 9 nitrogen and oxygen atoms in total. The van der Waals surface area contributed by atoms with E-state index in [-0.39, 0.29) is 19.6 Å². The molecule has 1 aliphatic rings. The highest BCUT2D eigenvalue weighted by atomic mass is 19.1.